The molecule has 0 aliphatic heterocycles. The molecule has 5 nitrogen and oxygen atoms in total. The number of aliphatic hydroxyl groups is 1. The number of aliphatic hydroxyl groups excluding tert-OH is 1. The molecule has 7 heteroatoms. The number of aromatic nitrogens is 2. The molecule has 0 aromatic carbocycles. The Balaban J connectivity index is 1.64. The Morgan fingerprint density at radius 1 is 1.44 bits per heavy atom. The zero-order valence-corrected chi connectivity index (χ0v) is 15.5. The van der Waals surface area contributed by atoms with Crippen molar-refractivity contribution in [2.45, 2.75) is 44.8 Å². The highest BCUT2D eigenvalue weighted by atomic mass is 32.1. The highest BCUT2D eigenvalue weighted by Crippen LogP contribution is 2.28. The van der Waals surface area contributed by atoms with E-state index < -0.39 is 6.10 Å². The summed E-state index contributed by atoms with van der Waals surface area (Å²) in [5.41, 5.74) is 2.36. The van der Waals surface area contributed by atoms with Crippen LogP contribution in [-0.2, 0) is 6.42 Å². The second kappa shape index (κ2) is 6.82. The first-order chi connectivity index (χ1) is 12.1. The van der Waals surface area contributed by atoms with Crippen LogP contribution in [0.2, 0.25) is 0 Å². The molecular weight excluding hydrogens is 354 g/mol. The Hall–Kier alpha value is -1.83. The zero-order valence-electron chi connectivity index (χ0n) is 13.9. The Morgan fingerprint density at radius 2 is 2.32 bits per heavy atom. The van der Waals surface area contributed by atoms with E-state index in [1.165, 1.54) is 4.88 Å². The fourth-order valence-corrected chi connectivity index (χ4v) is 4.96. The molecule has 0 unspecified atom stereocenters. The maximum atomic E-state index is 12.6. The number of pyridine rings is 1. The van der Waals surface area contributed by atoms with Crippen molar-refractivity contribution in [3.63, 3.8) is 0 Å². The van der Waals surface area contributed by atoms with Crippen LogP contribution in [0, 0.1) is 6.92 Å². The molecule has 3 aromatic heterocycles. The van der Waals surface area contributed by atoms with E-state index in [1.54, 1.807) is 22.7 Å². The third-order valence-electron chi connectivity index (χ3n) is 4.55. The van der Waals surface area contributed by atoms with Gasteiger partial charge in [-0.1, -0.05) is 0 Å². The highest BCUT2D eigenvalue weighted by molar-refractivity contribution is 7.17. The van der Waals surface area contributed by atoms with Gasteiger partial charge in [0.1, 0.15) is 5.69 Å². The first-order valence-electron chi connectivity index (χ1n) is 8.37. The van der Waals surface area contributed by atoms with Gasteiger partial charge in [-0.2, -0.15) is 0 Å². The fourth-order valence-electron chi connectivity index (χ4n) is 3.30. The van der Waals surface area contributed by atoms with Crippen LogP contribution >= 0.6 is 22.7 Å². The predicted octanol–water partition coefficient (Wildman–Crippen LogP) is 3.30. The number of nitrogens with zero attached hydrogens (tertiary/aromatic N) is 2. The average molecular weight is 374 g/mol. The van der Waals surface area contributed by atoms with Gasteiger partial charge in [-0.25, -0.2) is 9.97 Å². The summed E-state index contributed by atoms with van der Waals surface area (Å²) in [5, 5.41) is 15.9. The minimum atomic E-state index is -0.450. The number of aryl methyl sites for hydroxylation is 1. The average Bonchev–Trinajstić information content (AvgIpc) is 3.30. The number of thiazole rings is 1. The molecule has 0 bridgehead atoms. The van der Waals surface area contributed by atoms with Crippen LogP contribution in [0.15, 0.2) is 23.7 Å². The van der Waals surface area contributed by atoms with E-state index in [2.05, 4.69) is 15.3 Å². The van der Waals surface area contributed by atoms with E-state index >= 15 is 0 Å². The quantitative estimate of drug-likeness (QED) is 0.736. The molecule has 1 saturated carbocycles. The second-order valence-electron chi connectivity index (χ2n) is 6.40. The minimum absolute atomic E-state index is 0.167. The molecule has 0 saturated heterocycles. The van der Waals surface area contributed by atoms with Crippen LogP contribution in [0.3, 0.4) is 0 Å². The summed E-state index contributed by atoms with van der Waals surface area (Å²) in [6.07, 6.45) is 4.71. The molecule has 0 spiro atoms. The highest BCUT2D eigenvalue weighted by Gasteiger charge is 2.27. The monoisotopic (exact) mass is 373 g/mol. The van der Waals surface area contributed by atoms with Crippen molar-refractivity contribution in [2.24, 2.45) is 0 Å². The van der Waals surface area contributed by atoms with E-state index in [0.29, 0.717) is 5.69 Å². The molecule has 4 rings (SSSR count). The van der Waals surface area contributed by atoms with Crippen LogP contribution in [0.25, 0.3) is 10.2 Å². The van der Waals surface area contributed by atoms with Crippen LogP contribution in [0.1, 0.15) is 45.2 Å². The smallest absolute Gasteiger partial charge is 0.270 e. The van der Waals surface area contributed by atoms with Crippen molar-refractivity contribution in [3.8, 4) is 0 Å². The maximum absolute atomic E-state index is 12.6. The number of hydrogen-bond donors (Lipinski definition) is 2. The lowest BCUT2D eigenvalue weighted by atomic mass is 10.1. The lowest BCUT2D eigenvalue weighted by Crippen LogP contribution is -2.40. The summed E-state index contributed by atoms with van der Waals surface area (Å²) in [5.74, 6) is -0.208. The molecule has 1 aliphatic carbocycles. The van der Waals surface area contributed by atoms with E-state index in [0.717, 1.165) is 46.5 Å². The lowest BCUT2D eigenvalue weighted by Gasteiger charge is -2.16. The number of carbonyl (C=O) groups is 1. The summed E-state index contributed by atoms with van der Waals surface area (Å²) in [7, 11) is 0. The van der Waals surface area contributed by atoms with Crippen molar-refractivity contribution in [3.05, 3.63) is 44.9 Å². The molecule has 3 heterocycles. The Kier molecular flexibility index (Phi) is 4.54. The summed E-state index contributed by atoms with van der Waals surface area (Å²) in [6, 6.07) is 3.66. The number of rotatable bonds is 4. The van der Waals surface area contributed by atoms with Gasteiger partial charge in [-0.3, -0.25) is 4.79 Å². The van der Waals surface area contributed by atoms with Gasteiger partial charge < -0.3 is 10.4 Å². The Labute approximate surface area is 153 Å². The maximum Gasteiger partial charge on any atom is 0.270 e. The van der Waals surface area contributed by atoms with Crippen molar-refractivity contribution < 1.29 is 9.90 Å². The standard InChI is InChI=1S/C18H19N3O2S2/c1-10-19-9-12(25-10)7-11-8-15(20-14-5-6-24-17(11)14)18(23)21-13-3-2-4-16(13)22/h5-6,8-9,13,16,22H,2-4,7H2,1H3,(H,21,23)/t13-,16-/m1/s1. The van der Waals surface area contributed by atoms with Crippen LogP contribution in [0.4, 0.5) is 0 Å². The van der Waals surface area contributed by atoms with Gasteiger partial charge in [0.15, 0.2) is 0 Å². The van der Waals surface area contributed by atoms with Crippen LogP contribution < -0.4 is 5.32 Å². The number of carbonyl (C=O) groups excluding carboxylic acids is 1. The molecule has 1 aliphatic rings. The van der Waals surface area contributed by atoms with Crippen LogP contribution in [-0.4, -0.2) is 33.1 Å². The molecule has 25 heavy (non-hydrogen) atoms. The van der Waals surface area contributed by atoms with Crippen molar-refractivity contribution >= 4 is 38.8 Å². The first-order valence-corrected chi connectivity index (χ1v) is 10.1. The summed E-state index contributed by atoms with van der Waals surface area (Å²) < 4.78 is 1.11. The topological polar surface area (TPSA) is 75.1 Å². The van der Waals surface area contributed by atoms with E-state index in [9.17, 15) is 9.90 Å². The fraction of sp³-hybridized carbons (Fsp3) is 0.389. The van der Waals surface area contributed by atoms with Crippen molar-refractivity contribution in [1.82, 2.24) is 15.3 Å². The molecule has 2 N–H and O–H groups in total. The van der Waals surface area contributed by atoms with E-state index in [4.69, 9.17) is 0 Å². The van der Waals surface area contributed by atoms with Gasteiger partial charge in [0.2, 0.25) is 0 Å². The Bertz CT molecular complexity index is 918. The number of nitrogens with one attached hydrogen (secondary N) is 1. The number of thiophene rings is 1. The van der Waals surface area contributed by atoms with Crippen molar-refractivity contribution in [2.75, 3.05) is 0 Å². The molecule has 1 fully saturated rings. The van der Waals surface area contributed by atoms with Crippen LogP contribution in [0.5, 0.6) is 0 Å². The predicted molar refractivity (Wildman–Crippen MR) is 100 cm³/mol. The number of amides is 1. The summed E-state index contributed by atoms with van der Waals surface area (Å²) >= 11 is 3.32. The second-order valence-corrected chi connectivity index (χ2v) is 8.64. The van der Waals surface area contributed by atoms with Gasteiger partial charge in [0, 0.05) is 17.5 Å². The Morgan fingerprint density at radius 3 is 3.04 bits per heavy atom. The van der Waals surface area contributed by atoms with Gasteiger partial charge in [0.05, 0.1) is 27.4 Å². The zero-order chi connectivity index (χ0) is 17.4. The lowest BCUT2D eigenvalue weighted by molar-refractivity contribution is 0.0868. The summed E-state index contributed by atoms with van der Waals surface area (Å²) in [6.45, 7) is 1.99. The molecule has 2 atom stereocenters. The van der Waals surface area contributed by atoms with Gasteiger partial charge in [0.25, 0.3) is 5.91 Å². The third-order valence-corrected chi connectivity index (χ3v) is 6.44. The normalized spacial score (nSPS) is 20.2. The molecule has 1 amide bonds. The number of fused-ring (bicyclic) bond motifs is 1. The van der Waals surface area contributed by atoms with E-state index in [-0.39, 0.29) is 11.9 Å². The molecular formula is C18H19N3O2S2. The SMILES string of the molecule is Cc1ncc(Cc2cc(C(=O)N[C@@H]3CCC[C@H]3O)nc3ccsc23)s1. The van der Waals surface area contributed by atoms with E-state index in [1.807, 2.05) is 30.6 Å². The largest absolute Gasteiger partial charge is 0.391 e. The first kappa shape index (κ1) is 16.6. The molecule has 0 radical (unpaired) electrons. The summed E-state index contributed by atoms with van der Waals surface area (Å²) in [4.78, 5) is 22.6. The molecule has 3 aromatic rings. The third kappa shape index (κ3) is 3.44. The molecule has 130 valence electrons. The van der Waals surface area contributed by atoms with Gasteiger partial charge in [-0.15, -0.1) is 22.7 Å². The van der Waals surface area contributed by atoms with Gasteiger partial charge in [-0.05, 0) is 49.3 Å². The van der Waals surface area contributed by atoms with Crippen molar-refractivity contribution in [1.29, 1.82) is 0 Å². The van der Waals surface area contributed by atoms with Gasteiger partial charge >= 0.3 is 0 Å². The minimum Gasteiger partial charge on any atom is -0.391 e. The number of hydrogen-bond acceptors (Lipinski definition) is 6.